The van der Waals surface area contributed by atoms with Gasteiger partial charge < -0.3 is 4.98 Å². The van der Waals surface area contributed by atoms with E-state index >= 15 is 0 Å². The van der Waals surface area contributed by atoms with Crippen LogP contribution in [0.4, 0.5) is 0 Å². The molecule has 0 aliphatic rings. The maximum atomic E-state index is 11.7. The molecule has 2 N–H and O–H groups in total. The van der Waals surface area contributed by atoms with Crippen molar-refractivity contribution >= 4 is 11.0 Å². The predicted octanol–water partition coefficient (Wildman–Crippen LogP) is 1.02. The molecule has 3 heterocycles. The molecular formula is C11H9N5O. The van der Waals surface area contributed by atoms with Gasteiger partial charge in [-0.15, -0.1) is 0 Å². The molecule has 0 fully saturated rings. The van der Waals surface area contributed by atoms with Gasteiger partial charge in [0.05, 0.1) is 6.20 Å². The molecule has 0 aliphatic carbocycles. The highest BCUT2D eigenvalue weighted by molar-refractivity contribution is 5.74. The molecule has 17 heavy (non-hydrogen) atoms. The van der Waals surface area contributed by atoms with Crippen LogP contribution in [0.1, 0.15) is 5.69 Å². The summed E-state index contributed by atoms with van der Waals surface area (Å²) in [5.74, 6) is 0.485. The summed E-state index contributed by atoms with van der Waals surface area (Å²) < 4.78 is 0. The lowest BCUT2D eigenvalue weighted by Crippen LogP contribution is -2.08. The largest absolute Gasteiger partial charge is 0.306 e. The van der Waals surface area contributed by atoms with Crippen LogP contribution in [-0.4, -0.2) is 25.1 Å². The second-order valence-corrected chi connectivity index (χ2v) is 3.74. The van der Waals surface area contributed by atoms with Crippen molar-refractivity contribution < 1.29 is 0 Å². The Morgan fingerprint density at radius 3 is 2.88 bits per heavy atom. The van der Waals surface area contributed by atoms with Crippen LogP contribution >= 0.6 is 0 Å². The molecule has 0 unspecified atom stereocenters. The number of hydrogen-bond donors (Lipinski definition) is 2. The Hall–Kier alpha value is -2.50. The molecule has 84 valence electrons. The van der Waals surface area contributed by atoms with E-state index in [1.54, 1.807) is 6.20 Å². The topological polar surface area (TPSA) is 87.3 Å². The molecule has 0 atom stereocenters. The van der Waals surface area contributed by atoms with Crippen molar-refractivity contribution in [3.8, 4) is 11.4 Å². The summed E-state index contributed by atoms with van der Waals surface area (Å²) in [5.41, 5.74) is 1.95. The normalized spacial score (nSPS) is 10.9. The van der Waals surface area contributed by atoms with Gasteiger partial charge in [-0.2, -0.15) is 5.10 Å². The van der Waals surface area contributed by atoms with E-state index in [4.69, 9.17) is 0 Å². The number of aromatic nitrogens is 5. The maximum absolute atomic E-state index is 11.7. The van der Waals surface area contributed by atoms with Gasteiger partial charge in [-0.1, -0.05) is 0 Å². The molecular weight excluding hydrogens is 218 g/mol. The van der Waals surface area contributed by atoms with Crippen molar-refractivity contribution in [2.45, 2.75) is 6.92 Å². The van der Waals surface area contributed by atoms with E-state index in [9.17, 15) is 4.79 Å². The van der Waals surface area contributed by atoms with E-state index < -0.39 is 0 Å². The summed E-state index contributed by atoms with van der Waals surface area (Å²) in [7, 11) is 0. The number of nitrogens with zero attached hydrogens (tertiary/aromatic N) is 3. The highest BCUT2D eigenvalue weighted by Gasteiger charge is 2.07. The van der Waals surface area contributed by atoms with Crippen LogP contribution in [0.5, 0.6) is 0 Å². The SMILES string of the molecule is Cc1ccc(-c2nc3[nH]ncc3c(=O)[nH]2)cn1. The lowest BCUT2D eigenvalue weighted by atomic mass is 10.2. The number of aromatic amines is 2. The molecule has 0 radical (unpaired) electrons. The third kappa shape index (κ3) is 1.59. The minimum atomic E-state index is -0.209. The van der Waals surface area contributed by atoms with Crippen LogP contribution in [0, 0.1) is 6.92 Å². The van der Waals surface area contributed by atoms with Gasteiger partial charge in [-0.05, 0) is 19.1 Å². The predicted molar refractivity (Wildman–Crippen MR) is 62.5 cm³/mol. The molecule has 0 aliphatic heterocycles. The third-order valence-electron chi connectivity index (χ3n) is 2.50. The number of pyridine rings is 1. The minimum Gasteiger partial charge on any atom is -0.306 e. The molecule has 0 saturated carbocycles. The summed E-state index contributed by atoms with van der Waals surface area (Å²) in [6.07, 6.45) is 3.13. The monoisotopic (exact) mass is 227 g/mol. The van der Waals surface area contributed by atoms with Crippen molar-refractivity contribution in [1.29, 1.82) is 0 Å². The van der Waals surface area contributed by atoms with E-state index in [0.717, 1.165) is 11.3 Å². The second kappa shape index (κ2) is 3.51. The number of fused-ring (bicyclic) bond motifs is 1. The first-order valence-corrected chi connectivity index (χ1v) is 5.10. The molecule has 0 bridgehead atoms. The van der Waals surface area contributed by atoms with Gasteiger partial charge in [0, 0.05) is 17.5 Å². The molecule has 6 nitrogen and oxygen atoms in total. The zero-order chi connectivity index (χ0) is 11.8. The maximum Gasteiger partial charge on any atom is 0.262 e. The average molecular weight is 227 g/mol. The quantitative estimate of drug-likeness (QED) is 0.649. The minimum absolute atomic E-state index is 0.209. The standard InChI is InChI=1S/C11H9N5O/c1-6-2-3-7(4-12-6)9-14-10-8(5-13-16-10)11(17)15-9/h2-5H,1H3,(H2,13,14,15,16,17). The van der Waals surface area contributed by atoms with Gasteiger partial charge in [-0.3, -0.25) is 14.9 Å². The molecule has 0 spiro atoms. The fraction of sp³-hybridized carbons (Fsp3) is 0.0909. The number of H-pyrrole nitrogens is 2. The van der Waals surface area contributed by atoms with Gasteiger partial charge in [-0.25, -0.2) is 4.98 Å². The van der Waals surface area contributed by atoms with Crippen LogP contribution in [0.3, 0.4) is 0 Å². The summed E-state index contributed by atoms with van der Waals surface area (Å²) in [6.45, 7) is 1.90. The Labute approximate surface area is 95.8 Å². The van der Waals surface area contributed by atoms with Gasteiger partial charge >= 0.3 is 0 Å². The van der Waals surface area contributed by atoms with Crippen LogP contribution in [0.2, 0.25) is 0 Å². The van der Waals surface area contributed by atoms with E-state index in [1.165, 1.54) is 6.20 Å². The summed E-state index contributed by atoms with van der Waals surface area (Å²) >= 11 is 0. The Kier molecular flexibility index (Phi) is 2.01. The van der Waals surface area contributed by atoms with Crippen LogP contribution in [-0.2, 0) is 0 Å². The van der Waals surface area contributed by atoms with E-state index in [-0.39, 0.29) is 5.56 Å². The number of aryl methyl sites for hydroxylation is 1. The van der Waals surface area contributed by atoms with Crippen molar-refractivity contribution in [2.75, 3.05) is 0 Å². The second-order valence-electron chi connectivity index (χ2n) is 3.74. The van der Waals surface area contributed by atoms with Gasteiger partial charge in [0.25, 0.3) is 5.56 Å². The zero-order valence-corrected chi connectivity index (χ0v) is 9.06. The lowest BCUT2D eigenvalue weighted by Gasteiger charge is -2.00. The smallest absolute Gasteiger partial charge is 0.262 e. The lowest BCUT2D eigenvalue weighted by molar-refractivity contribution is 1.08. The summed E-state index contributed by atoms with van der Waals surface area (Å²) in [6, 6.07) is 3.73. The van der Waals surface area contributed by atoms with Crippen LogP contribution in [0.15, 0.2) is 29.3 Å². The molecule has 6 heteroatoms. The Morgan fingerprint density at radius 1 is 1.24 bits per heavy atom. The Morgan fingerprint density at radius 2 is 2.12 bits per heavy atom. The number of hydrogen-bond acceptors (Lipinski definition) is 4. The first kappa shape index (κ1) is 9.71. The van der Waals surface area contributed by atoms with E-state index in [2.05, 4.69) is 25.1 Å². The fourth-order valence-corrected chi connectivity index (χ4v) is 1.59. The molecule has 0 aromatic carbocycles. The summed E-state index contributed by atoms with van der Waals surface area (Å²) in [5, 5.41) is 6.92. The molecule has 3 rings (SSSR count). The average Bonchev–Trinajstić information content (AvgIpc) is 2.78. The first-order valence-electron chi connectivity index (χ1n) is 5.10. The van der Waals surface area contributed by atoms with Gasteiger partial charge in [0.1, 0.15) is 11.2 Å². The highest BCUT2D eigenvalue weighted by Crippen LogP contribution is 2.13. The Bertz CT molecular complexity index is 725. The Balaban J connectivity index is 2.23. The van der Waals surface area contributed by atoms with E-state index in [1.807, 2.05) is 19.1 Å². The molecule has 3 aromatic heterocycles. The highest BCUT2D eigenvalue weighted by atomic mass is 16.1. The molecule has 3 aromatic rings. The van der Waals surface area contributed by atoms with E-state index in [0.29, 0.717) is 16.9 Å². The van der Waals surface area contributed by atoms with Crippen molar-refractivity contribution in [2.24, 2.45) is 0 Å². The number of nitrogens with one attached hydrogen (secondary N) is 2. The molecule has 0 saturated heterocycles. The van der Waals surface area contributed by atoms with Crippen LogP contribution in [0.25, 0.3) is 22.4 Å². The number of rotatable bonds is 1. The van der Waals surface area contributed by atoms with Crippen molar-refractivity contribution in [1.82, 2.24) is 25.1 Å². The van der Waals surface area contributed by atoms with Crippen LogP contribution < -0.4 is 5.56 Å². The summed E-state index contributed by atoms with van der Waals surface area (Å²) in [4.78, 5) is 22.9. The van der Waals surface area contributed by atoms with Gasteiger partial charge in [0.2, 0.25) is 0 Å². The fourth-order valence-electron chi connectivity index (χ4n) is 1.59. The van der Waals surface area contributed by atoms with Gasteiger partial charge in [0.15, 0.2) is 5.65 Å². The zero-order valence-electron chi connectivity index (χ0n) is 9.06. The molecule has 0 amide bonds. The van der Waals surface area contributed by atoms with Crippen molar-refractivity contribution in [3.05, 3.63) is 40.6 Å². The van der Waals surface area contributed by atoms with Crippen molar-refractivity contribution in [3.63, 3.8) is 0 Å². The first-order chi connectivity index (χ1) is 8.24. The third-order valence-corrected chi connectivity index (χ3v) is 2.50.